The van der Waals surface area contributed by atoms with Crippen molar-refractivity contribution in [1.29, 1.82) is 0 Å². The minimum absolute atomic E-state index is 0.0180. The average molecular weight is 317 g/mol. The topological polar surface area (TPSA) is 44.8 Å². The van der Waals surface area contributed by atoms with Gasteiger partial charge in [-0.25, -0.2) is 4.79 Å². The minimum atomic E-state index is 0.0180. The van der Waals surface area contributed by atoms with Gasteiger partial charge in [-0.3, -0.25) is 4.90 Å². The van der Waals surface area contributed by atoms with Crippen molar-refractivity contribution in [1.82, 2.24) is 15.1 Å². The van der Waals surface area contributed by atoms with E-state index >= 15 is 0 Å². The number of benzene rings is 1. The zero-order valence-electron chi connectivity index (χ0n) is 14.1. The molecule has 3 rings (SSSR count). The van der Waals surface area contributed by atoms with Gasteiger partial charge in [-0.2, -0.15) is 0 Å². The summed E-state index contributed by atoms with van der Waals surface area (Å²) in [6.07, 6.45) is 0.285. The number of carbonyl (C=O) groups is 1. The van der Waals surface area contributed by atoms with Crippen molar-refractivity contribution in [3.05, 3.63) is 35.9 Å². The highest BCUT2D eigenvalue weighted by atomic mass is 16.5. The van der Waals surface area contributed by atoms with E-state index in [-0.39, 0.29) is 18.2 Å². The Bertz CT molecular complexity index is 506. The Hall–Kier alpha value is -1.59. The van der Waals surface area contributed by atoms with Crippen LogP contribution in [0.5, 0.6) is 0 Å². The molecule has 1 N–H and O–H groups in total. The van der Waals surface area contributed by atoms with E-state index in [2.05, 4.69) is 24.1 Å². The Kier molecular flexibility index (Phi) is 5.18. The van der Waals surface area contributed by atoms with E-state index in [9.17, 15) is 4.79 Å². The van der Waals surface area contributed by atoms with E-state index in [4.69, 9.17) is 4.74 Å². The summed E-state index contributed by atoms with van der Waals surface area (Å²) in [5.41, 5.74) is 1.12. The molecule has 2 amide bonds. The maximum atomic E-state index is 12.4. The molecule has 2 aliphatic heterocycles. The van der Waals surface area contributed by atoms with Gasteiger partial charge in [0.1, 0.15) is 0 Å². The maximum Gasteiger partial charge on any atom is 0.317 e. The number of carbonyl (C=O) groups excluding carboxylic acids is 1. The molecule has 2 fully saturated rings. The summed E-state index contributed by atoms with van der Waals surface area (Å²) >= 11 is 0. The third-order valence-corrected chi connectivity index (χ3v) is 4.35. The van der Waals surface area contributed by atoms with Crippen molar-refractivity contribution in [2.75, 3.05) is 32.7 Å². The van der Waals surface area contributed by atoms with Crippen molar-refractivity contribution in [2.45, 2.75) is 32.6 Å². The second-order valence-electron chi connectivity index (χ2n) is 7.04. The Labute approximate surface area is 138 Å². The lowest BCUT2D eigenvalue weighted by Crippen LogP contribution is -2.62. The second kappa shape index (κ2) is 7.32. The van der Waals surface area contributed by atoms with Gasteiger partial charge in [0.05, 0.1) is 12.2 Å². The van der Waals surface area contributed by atoms with E-state index < -0.39 is 0 Å². The fourth-order valence-corrected chi connectivity index (χ4v) is 3.49. The smallest absolute Gasteiger partial charge is 0.317 e. The molecule has 2 heterocycles. The van der Waals surface area contributed by atoms with Gasteiger partial charge >= 0.3 is 6.03 Å². The van der Waals surface area contributed by atoms with Gasteiger partial charge in [0.25, 0.3) is 0 Å². The molecule has 5 nitrogen and oxygen atoms in total. The number of hydrogen-bond donors (Lipinski definition) is 1. The molecule has 1 aromatic rings. The van der Waals surface area contributed by atoms with Crippen LogP contribution < -0.4 is 5.32 Å². The van der Waals surface area contributed by atoms with Crippen molar-refractivity contribution < 1.29 is 9.53 Å². The monoisotopic (exact) mass is 317 g/mol. The molecule has 1 aromatic carbocycles. The summed E-state index contributed by atoms with van der Waals surface area (Å²) in [4.78, 5) is 16.8. The first-order valence-corrected chi connectivity index (χ1v) is 8.54. The van der Waals surface area contributed by atoms with Crippen LogP contribution in [0, 0.1) is 5.92 Å². The van der Waals surface area contributed by atoms with E-state index in [0.717, 1.165) is 25.2 Å². The lowest BCUT2D eigenvalue weighted by atomic mass is 10.1. The van der Waals surface area contributed by atoms with Crippen LogP contribution in [0.1, 0.15) is 19.4 Å². The van der Waals surface area contributed by atoms with Crippen molar-refractivity contribution in [2.24, 2.45) is 5.92 Å². The molecule has 0 aliphatic carbocycles. The van der Waals surface area contributed by atoms with Crippen LogP contribution >= 0.6 is 0 Å². The Morgan fingerprint density at radius 2 is 1.83 bits per heavy atom. The first-order chi connectivity index (χ1) is 11.1. The molecule has 2 saturated heterocycles. The van der Waals surface area contributed by atoms with Crippen molar-refractivity contribution >= 4 is 6.03 Å². The first kappa shape index (κ1) is 16.3. The van der Waals surface area contributed by atoms with Crippen molar-refractivity contribution in [3.63, 3.8) is 0 Å². The number of fused-ring (bicyclic) bond motifs is 2. The fourth-order valence-electron chi connectivity index (χ4n) is 3.49. The van der Waals surface area contributed by atoms with Crippen molar-refractivity contribution in [3.8, 4) is 0 Å². The van der Waals surface area contributed by atoms with Gasteiger partial charge in [-0.1, -0.05) is 44.2 Å². The van der Waals surface area contributed by atoms with Gasteiger partial charge in [0.15, 0.2) is 0 Å². The molecular weight excluding hydrogens is 290 g/mol. The lowest BCUT2D eigenvalue weighted by Gasteiger charge is -2.46. The Balaban J connectivity index is 1.50. The predicted octanol–water partition coefficient (Wildman–Crippen LogP) is 1.94. The largest absolute Gasteiger partial charge is 0.369 e. The number of amides is 2. The number of rotatable bonds is 4. The summed E-state index contributed by atoms with van der Waals surface area (Å²) in [6, 6.07) is 10.0. The zero-order valence-corrected chi connectivity index (χ0v) is 14.1. The molecule has 2 aliphatic rings. The van der Waals surface area contributed by atoms with E-state index in [1.807, 2.05) is 35.2 Å². The molecule has 126 valence electrons. The van der Waals surface area contributed by atoms with E-state index in [1.54, 1.807) is 0 Å². The van der Waals surface area contributed by atoms with Crippen LogP contribution in [0.25, 0.3) is 0 Å². The lowest BCUT2D eigenvalue weighted by molar-refractivity contribution is -0.130. The molecule has 2 unspecified atom stereocenters. The van der Waals surface area contributed by atoms with Gasteiger partial charge in [0.2, 0.25) is 0 Å². The molecular formula is C18H27N3O2. The standard InChI is InChI=1S/C18H27N3O2/c1-14(2)9-20-10-16-12-21(13-17(11-20)23-16)18(22)19-8-15-6-4-3-5-7-15/h3-7,14,16-17H,8-13H2,1-2H3,(H,19,22). The molecule has 0 radical (unpaired) electrons. The number of ether oxygens (including phenoxy) is 1. The number of morpholine rings is 2. The van der Waals surface area contributed by atoms with Crippen LogP contribution in [0.15, 0.2) is 30.3 Å². The highest BCUT2D eigenvalue weighted by Gasteiger charge is 2.36. The highest BCUT2D eigenvalue weighted by Crippen LogP contribution is 2.20. The van der Waals surface area contributed by atoms with Gasteiger partial charge in [-0.15, -0.1) is 0 Å². The summed E-state index contributed by atoms with van der Waals surface area (Å²) in [6.45, 7) is 9.40. The molecule has 23 heavy (non-hydrogen) atoms. The molecule has 2 atom stereocenters. The highest BCUT2D eigenvalue weighted by molar-refractivity contribution is 5.74. The zero-order chi connectivity index (χ0) is 16.2. The first-order valence-electron chi connectivity index (χ1n) is 8.54. The quantitative estimate of drug-likeness (QED) is 0.923. The maximum absolute atomic E-state index is 12.4. The summed E-state index contributed by atoms with van der Waals surface area (Å²) in [5.74, 6) is 0.666. The van der Waals surface area contributed by atoms with Gasteiger partial charge < -0.3 is 15.0 Å². The Morgan fingerprint density at radius 1 is 1.17 bits per heavy atom. The summed E-state index contributed by atoms with van der Waals surface area (Å²) in [5, 5.41) is 3.02. The van der Waals surface area contributed by atoms with Gasteiger partial charge in [0, 0.05) is 39.3 Å². The Morgan fingerprint density at radius 3 is 2.43 bits per heavy atom. The number of nitrogens with zero attached hydrogens (tertiary/aromatic N) is 2. The van der Waals surface area contributed by atoms with Crippen LogP contribution in [-0.2, 0) is 11.3 Å². The second-order valence-corrected chi connectivity index (χ2v) is 7.04. The van der Waals surface area contributed by atoms with Crippen LogP contribution in [0.4, 0.5) is 4.79 Å². The summed E-state index contributed by atoms with van der Waals surface area (Å²) < 4.78 is 6.01. The molecule has 0 spiro atoms. The molecule has 0 saturated carbocycles. The molecule has 0 aromatic heterocycles. The molecule has 5 heteroatoms. The molecule has 2 bridgehead atoms. The van der Waals surface area contributed by atoms with E-state index in [0.29, 0.717) is 25.6 Å². The SMILES string of the molecule is CC(C)CN1CC2CN(C(=O)NCc3ccccc3)CC(C1)O2. The predicted molar refractivity (Wildman–Crippen MR) is 90.2 cm³/mol. The summed E-state index contributed by atoms with van der Waals surface area (Å²) in [7, 11) is 0. The normalized spacial score (nSPS) is 24.7. The number of urea groups is 1. The number of hydrogen-bond acceptors (Lipinski definition) is 3. The fraction of sp³-hybridized carbons (Fsp3) is 0.611. The van der Waals surface area contributed by atoms with E-state index in [1.165, 1.54) is 0 Å². The third kappa shape index (κ3) is 4.45. The van der Waals surface area contributed by atoms with Crippen LogP contribution in [-0.4, -0.2) is 60.8 Å². The average Bonchev–Trinajstić information content (AvgIpc) is 2.52. The third-order valence-electron chi connectivity index (χ3n) is 4.35. The van der Waals surface area contributed by atoms with Crippen LogP contribution in [0.3, 0.4) is 0 Å². The van der Waals surface area contributed by atoms with Gasteiger partial charge in [-0.05, 0) is 11.5 Å². The minimum Gasteiger partial charge on any atom is -0.369 e. The van der Waals surface area contributed by atoms with Crippen LogP contribution in [0.2, 0.25) is 0 Å². The number of nitrogens with one attached hydrogen (secondary N) is 1.